The molecule has 0 atom stereocenters. The fraction of sp³-hybridized carbons (Fsp3) is 1.00. The maximum absolute atomic E-state index is 11.2. The molecule has 3 N–H and O–H groups in total. The van der Waals surface area contributed by atoms with Crippen molar-refractivity contribution in [2.75, 3.05) is 0 Å². The Bertz CT molecular complexity index is 571. The minimum Gasteiger partial charge on any atom is -0.402 e. The Balaban J connectivity index is -0.000000147. The van der Waals surface area contributed by atoms with Gasteiger partial charge in [-0.25, -0.2) is 0 Å². The Morgan fingerprint density at radius 3 is 0.318 bits per heavy atom. The van der Waals surface area contributed by atoms with Gasteiger partial charge in [-0.1, -0.05) is 0 Å². The molecule has 3 nitrogen and oxygen atoms in total. The van der Waals surface area contributed by atoms with Gasteiger partial charge in [0.15, 0.2) is 0 Å². The molecular formula is C12H7BF24Mg4O3+4. The van der Waals surface area contributed by atoms with Crippen molar-refractivity contribution in [2.24, 2.45) is 0 Å². The zero-order valence-electron chi connectivity index (χ0n) is 20.1. The van der Waals surface area contributed by atoms with Crippen LogP contribution in [0.4, 0.5) is 105 Å². The van der Waals surface area contributed by atoms with Crippen LogP contribution < -0.4 is 0 Å². The molecule has 0 saturated carbocycles. The predicted octanol–water partition coefficient (Wildman–Crippen LogP) is 6.22. The van der Waals surface area contributed by atoms with Gasteiger partial charge in [0.05, 0.1) is 0 Å². The molecule has 0 spiro atoms. The van der Waals surface area contributed by atoms with Crippen LogP contribution in [0.15, 0.2) is 0 Å². The number of halogens is 24. The van der Waals surface area contributed by atoms with E-state index >= 15 is 0 Å². The Kier molecular flexibility index (Phi) is 25.0. The van der Waals surface area contributed by atoms with Crippen LogP contribution in [0.1, 0.15) is 0 Å². The fourth-order valence-electron chi connectivity index (χ4n) is 0.742. The fourth-order valence-corrected chi connectivity index (χ4v) is 0.742. The molecule has 0 aromatic rings. The van der Waals surface area contributed by atoms with Gasteiger partial charge in [0, 0.05) is 0 Å². The minimum atomic E-state index is -5.17. The maximum atomic E-state index is 11.2. The smallest absolute Gasteiger partial charge is 0.402 e. The average molecular weight is 763 g/mol. The van der Waals surface area contributed by atoms with Gasteiger partial charge in [-0.05, 0) is 0 Å². The molecule has 0 radical (unpaired) electrons. The summed E-state index contributed by atoms with van der Waals surface area (Å²) in [6.45, 7) is 0. The van der Waals surface area contributed by atoms with E-state index in [1.165, 1.54) is 0 Å². The maximum Gasteiger partial charge on any atom is 0.631 e. The van der Waals surface area contributed by atoms with Crippen molar-refractivity contribution in [1.29, 1.82) is 0 Å². The van der Waals surface area contributed by atoms with Crippen molar-refractivity contribution >= 4 is 94.2 Å². The standard InChI is InChI=1S/4C3HF6.BH3O3.4Mg/c4*4-2(5,6)1-3(7,8)9;2-1(3)4;;;;/h4*1H;2-4H;;;;/q;;;;;4*+1. The summed E-state index contributed by atoms with van der Waals surface area (Å²) in [5, 5.41) is 21.5. The molecule has 0 aliphatic carbocycles. The van der Waals surface area contributed by atoms with E-state index in [-0.39, 0.29) is 86.8 Å². The van der Waals surface area contributed by atoms with Gasteiger partial charge in [-0.2, -0.15) is 0 Å². The predicted molar refractivity (Wildman–Crippen MR) is 98.9 cm³/mol. The van der Waals surface area contributed by atoms with Crippen LogP contribution in [0.25, 0.3) is 0 Å². The normalized spacial score (nSPS) is 13.8. The van der Waals surface area contributed by atoms with Crippen LogP contribution in [-0.2, 0) is 0 Å². The van der Waals surface area contributed by atoms with E-state index in [1.54, 1.807) is 0 Å². The second-order valence-corrected chi connectivity index (χ2v) is 10.2. The summed E-state index contributed by atoms with van der Waals surface area (Å²) in [5.74, 6) is 0. The third-order valence-corrected chi connectivity index (χ3v) is 6.86. The molecule has 0 aliphatic heterocycles. The summed E-state index contributed by atoms with van der Waals surface area (Å²) in [5.41, 5.74) is 0. The molecule has 0 heterocycles. The van der Waals surface area contributed by atoms with E-state index in [0.29, 0.717) is 0 Å². The molecule has 0 unspecified atom stereocenters. The van der Waals surface area contributed by atoms with E-state index in [9.17, 15) is 105 Å². The van der Waals surface area contributed by atoms with E-state index in [2.05, 4.69) is 0 Å². The van der Waals surface area contributed by atoms with Crippen molar-refractivity contribution < 1.29 is 120 Å². The summed E-state index contributed by atoms with van der Waals surface area (Å²) in [7, 11) is -2.17. The van der Waals surface area contributed by atoms with Gasteiger partial charge in [0.1, 0.15) is 0 Å². The number of rotatable bonds is 0. The molecular weight excluding hydrogens is 756 g/mol. The molecule has 32 heteroatoms. The van der Waals surface area contributed by atoms with Gasteiger partial charge in [0.2, 0.25) is 0 Å². The molecule has 0 bridgehead atoms. The van der Waals surface area contributed by atoms with Crippen molar-refractivity contribution in [3.63, 3.8) is 0 Å². The molecule has 0 rings (SSSR count). The molecule has 0 aromatic carbocycles. The van der Waals surface area contributed by atoms with Crippen LogP contribution in [0.3, 0.4) is 0 Å². The summed E-state index contributed by atoms with van der Waals surface area (Å²) in [4.78, 5) is 0. The monoisotopic (exact) mass is 762 g/mol. The Morgan fingerprint density at radius 2 is 0.318 bits per heavy atom. The largest absolute Gasteiger partial charge is 0.631 e. The van der Waals surface area contributed by atoms with E-state index in [0.717, 1.165) is 0 Å². The van der Waals surface area contributed by atoms with E-state index < -0.39 is 72.9 Å². The third kappa shape index (κ3) is 31.9. The first-order chi connectivity index (χ1) is 18.4. The van der Waals surface area contributed by atoms with Gasteiger partial charge in [-0.15, -0.1) is 0 Å². The van der Waals surface area contributed by atoms with Crippen molar-refractivity contribution in [2.45, 2.75) is 65.6 Å². The molecule has 0 aromatic heterocycles. The molecule has 44 heavy (non-hydrogen) atoms. The Hall–Kier alpha value is 1.33. The summed E-state index contributed by atoms with van der Waals surface area (Å²) in [6, 6.07) is 0. The van der Waals surface area contributed by atoms with Gasteiger partial charge < -0.3 is 15.1 Å². The molecule has 0 amide bonds. The minimum absolute atomic E-state index is 0.122. The third-order valence-electron chi connectivity index (χ3n) is 3.16. The second-order valence-electron chi connectivity index (χ2n) is 6.89. The van der Waals surface area contributed by atoms with Crippen molar-refractivity contribution in [3.05, 3.63) is 0 Å². The summed E-state index contributed by atoms with van der Waals surface area (Å²) < 4.78 is 257. The first-order valence-electron chi connectivity index (χ1n) is 9.25. The Morgan fingerprint density at radius 1 is 0.273 bits per heavy atom. The van der Waals surface area contributed by atoms with Gasteiger partial charge >= 0.3 is 265 Å². The summed E-state index contributed by atoms with van der Waals surface area (Å²) >= 11 is -0.488. The first-order valence-corrected chi connectivity index (χ1v) is 12.5. The molecule has 248 valence electrons. The van der Waals surface area contributed by atoms with Crippen LogP contribution in [-0.4, -0.2) is 159 Å². The number of hydrogen-bond donors (Lipinski definition) is 3. The van der Waals surface area contributed by atoms with Gasteiger partial charge in [-0.3, -0.25) is 0 Å². The summed E-state index contributed by atoms with van der Waals surface area (Å²) in [6.07, 6.45) is -41.4. The van der Waals surface area contributed by atoms with Crippen molar-refractivity contribution in [1.82, 2.24) is 0 Å². The van der Waals surface area contributed by atoms with E-state index in [4.69, 9.17) is 15.1 Å². The number of alkyl halides is 24. The average Bonchev–Trinajstić information content (AvgIpc) is 2.67. The number of hydrogen-bond acceptors (Lipinski definition) is 3. The zero-order valence-corrected chi connectivity index (χ0v) is 25.8. The van der Waals surface area contributed by atoms with Crippen LogP contribution in [0.5, 0.6) is 0 Å². The van der Waals surface area contributed by atoms with Gasteiger partial charge in [0.25, 0.3) is 0 Å². The van der Waals surface area contributed by atoms with Crippen LogP contribution in [0, 0.1) is 0 Å². The zero-order chi connectivity index (χ0) is 37.9. The SMILES string of the molecule is FC(F)(F)[CH]([Mg+])C(F)(F)F.FC(F)(F)[CH]([Mg+])C(F)(F)F.FC(F)(F)[CH]([Mg+])C(F)(F)F.FC(F)(F)[CH]([Mg+])C(F)(F)F.OB(O)O. The quantitative estimate of drug-likeness (QED) is 0.203. The first kappa shape index (κ1) is 54.8. The molecule has 0 fully saturated rings. The molecule has 0 saturated heterocycles. The van der Waals surface area contributed by atoms with Crippen molar-refractivity contribution in [3.8, 4) is 0 Å². The molecule has 0 aliphatic rings. The van der Waals surface area contributed by atoms with E-state index in [1.807, 2.05) is 0 Å². The second kappa shape index (κ2) is 20.1. The topological polar surface area (TPSA) is 60.7 Å². The van der Waals surface area contributed by atoms with Crippen LogP contribution >= 0.6 is 0 Å². The Labute approximate surface area is 278 Å². The van der Waals surface area contributed by atoms with Crippen LogP contribution in [0.2, 0.25) is 16.2 Å².